The predicted octanol–water partition coefficient (Wildman–Crippen LogP) is 5.49. The van der Waals surface area contributed by atoms with Crippen LogP contribution in [0.15, 0.2) is 66.7 Å². The predicted molar refractivity (Wildman–Crippen MR) is 150 cm³/mol. The molecule has 0 radical (unpaired) electrons. The van der Waals surface area contributed by atoms with Crippen LogP contribution in [0.2, 0.25) is 0 Å². The number of hydrogen-bond acceptors (Lipinski definition) is 4. The highest BCUT2D eigenvalue weighted by Gasteiger charge is 2.72. The van der Waals surface area contributed by atoms with E-state index >= 15 is 0 Å². The van der Waals surface area contributed by atoms with Crippen molar-refractivity contribution in [2.24, 2.45) is 5.92 Å². The van der Waals surface area contributed by atoms with Crippen LogP contribution in [0.4, 0.5) is 0 Å². The van der Waals surface area contributed by atoms with Crippen LogP contribution in [0.5, 0.6) is 11.5 Å². The van der Waals surface area contributed by atoms with Crippen molar-refractivity contribution in [2.45, 2.75) is 61.7 Å². The van der Waals surface area contributed by atoms with E-state index in [0.717, 1.165) is 61.0 Å². The maximum absolute atomic E-state index is 13.1. The molecule has 9 rings (SSSR count). The lowest BCUT2D eigenvalue weighted by molar-refractivity contribution is -0.173. The third-order valence-corrected chi connectivity index (χ3v) is 10.5. The van der Waals surface area contributed by atoms with Gasteiger partial charge in [-0.3, -0.25) is 4.90 Å². The van der Waals surface area contributed by atoms with Gasteiger partial charge < -0.3 is 19.6 Å². The second-order valence-corrected chi connectivity index (χ2v) is 12.6. The first-order chi connectivity index (χ1) is 19.2. The number of rotatable bonds is 6. The molecule has 3 aliphatic carbocycles. The van der Waals surface area contributed by atoms with Gasteiger partial charge in [0.05, 0.1) is 23.3 Å². The lowest BCUT2D eigenvalue weighted by atomic mass is 9.49. The number of H-pyrrole nitrogens is 1. The molecule has 5 heteroatoms. The molecule has 2 aliphatic heterocycles. The molecule has 1 saturated heterocycles. The van der Waals surface area contributed by atoms with Crippen molar-refractivity contribution >= 4 is 10.9 Å². The van der Waals surface area contributed by atoms with Crippen LogP contribution in [-0.4, -0.2) is 46.3 Å². The highest BCUT2D eigenvalue weighted by atomic mass is 16.5. The number of para-hydroxylation sites is 1. The fourth-order valence-corrected chi connectivity index (χ4v) is 8.60. The van der Waals surface area contributed by atoms with Gasteiger partial charge in [0.25, 0.3) is 0 Å². The third-order valence-electron chi connectivity index (χ3n) is 10.5. The minimum atomic E-state index is -0.885. The zero-order valence-electron chi connectivity index (χ0n) is 22.2. The molecular formula is C34H34N2O3. The maximum atomic E-state index is 13.1. The average molecular weight is 519 g/mol. The molecule has 4 aromatic rings. The van der Waals surface area contributed by atoms with Crippen molar-refractivity contribution in [3.8, 4) is 11.5 Å². The maximum Gasteiger partial charge on any atom is 0.166 e. The van der Waals surface area contributed by atoms with E-state index in [-0.39, 0.29) is 12.1 Å². The van der Waals surface area contributed by atoms with Crippen molar-refractivity contribution in [3.05, 3.63) is 94.7 Å². The van der Waals surface area contributed by atoms with Crippen molar-refractivity contribution in [1.82, 2.24) is 9.88 Å². The van der Waals surface area contributed by atoms with Gasteiger partial charge in [-0.25, -0.2) is 0 Å². The van der Waals surface area contributed by atoms with Crippen LogP contribution in [0.1, 0.15) is 53.3 Å². The number of aromatic nitrogens is 1. The van der Waals surface area contributed by atoms with E-state index in [4.69, 9.17) is 9.47 Å². The summed E-state index contributed by atoms with van der Waals surface area (Å²) in [5.41, 5.74) is 5.98. The number of likely N-dealkylation sites (tertiary alicyclic amines) is 1. The lowest BCUT2D eigenvalue weighted by Crippen LogP contribution is -2.74. The fourth-order valence-electron chi connectivity index (χ4n) is 8.60. The summed E-state index contributed by atoms with van der Waals surface area (Å²) >= 11 is 0. The Labute approximate surface area is 228 Å². The molecule has 39 heavy (non-hydrogen) atoms. The molecule has 2 bridgehead atoms. The largest absolute Gasteiger partial charge is 0.489 e. The van der Waals surface area contributed by atoms with Crippen molar-refractivity contribution < 1.29 is 14.6 Å². The lowest BCUT2D eigenvalue weighted by Gasteiger charge is -2.62. The minimum Gasteiger partial charge on any atom is -0.489 e. The van der Waals surface area contributed by atoms with Crippen LogP contribution in [0, 0.1) is 5.92 Å². The molecule has 4 atom stereocenters. The van der Waals surface area contributed by atoms with E-state index in [1.165, 1.54) is 40.5 Å². The molecule has 3 aromatic carbocycles. The summed E-state index contributed by atoms with van der Waals surface area (Å²) in [4.78, 5) is 6.38. The number of nitrogens with zero attached hydrogens (tertiary/aromatic N) is 1. The van der Waals surface area contributed by atoms with Crippen LogP contribution >= 0.6 is 0 Å². The fraction of sp³-hybridized carbons (Fsp3) is 0.412. The van der Waals surface area contributed by atoms with Gasteiger partial charge in [-0.15, -0.1) is 0 Å². The van der Waals surface area contributed by atoms with Gasteiger partial charge in [0.15, 0.2) is 17.6 Å². The van der Waals surface area contributed by atoms with Crippen molar-refractivity contribution in [1.29, 1.82) is 0 Å². The van der Waals surface area contributed by atoms with Gasteiger partial charge in [-0.1, -0.05) is 54.6 Å². The molecule has 2 N–H and O–H groups in total. The summed E-state index contributed by atoms with van der Waals surface area (Å²) in [6, 6.07) is 23.5. The molecular weight excluding hydrogens is 484 g/mol. The summed E-state index contributed by atoms with van der Waals surface area (Å²) in [5, 5.41) is 14.3. The molecule has 2 fully saturated rings. The summed E-state index contributed by atoms with van der Waals surface area (Å²) < 4.78 is 13.5. The van der Waals surface area contributed by atoms with Crippen LogP contribution < -0.4 is 9.47 Å². The Morgan fingerprint density at radius 1 is 1.03 bits per heavy atom. The number of aliphatic hydroxyl groups is 1. The number of benzene rings is 3. The number of hydrogen-bond donors (Lipinski definition) is 2. The summed E-state index contributed by atoms with van der Waals surface area (Å²) in [7, 11) is 0. The second kappa shape index (κ2) is 7.89. The molecule has 2 unspecified atom stereocenters. The van der Waals surface area contributed by atoms with E-state index in [9.17, 15) is 5.11 Å². The molecule has 3 heterocycles. The van der Waals surface area contributed by atoms with E-state index in [1.54, 1.807) is 0 Å². The Kier molecular flexibility index (Phi) is 4.56. The highest BCUT2D eigenvalue weighted by molar-refractivity contribution is 5.86. The van der Waals surface area contributed by atoms with Crippen LogP contribution in [0.25, 0.3) is 10.9 Å². The average Bonchev–Trinajstić information content (AvgIpc) is 3.59. The number of fused-ring (bicyclic) bond motifs is 4. The standard InChI is InChI=1S/C34H34N2O3/c37-34-19-25-24-8-4-5-9-26(24)35-30(25)32-33(34)15-16-36(20-22-10-11-22)28(34)18-23-12-13-27(31(39-32)29(23)33)38-17-14-21-6-2-1-3-7-21/h1-9,12-13,22,28,32,35,37H,10-11,14-20H2/t28?,32?,33-,34+/m0/s1. The zero-order valence-corrected chi connectivity index (χ0v) is 22.2. The third kappa shape index (κ3) is 2.98. The number of nitrogens with one attached hydrogen (secondary N) is 1. The van der Waals surface area contributed by atoms with Crippen molar-refractivity contribution in [3.63, 3.8) is 0 Å². The van der Waals surface area contributed by atoms with Crippen LogP contribution in [-0.2, 0) is 24.7 Å². The number of piperidine rings is 1. The molecule has 198 valence electrons. The second-order valence-electron chi connectivity index (χ2n) is 12.6. The van der Waals surface area contributed by atoms with Gasteiger partial charge in [0.1, 0.15) is 0 Å². The Morgan fingerprint density at radius 2 is 1.87 bits per heavy atom. The van der Waals surface area contributed by atoms with Gasteiger partial charge >= 0.3 is 0 Å². The molecule has 0 amide bonds. The van der Waals surface area contributed by atoms with E-state index in [2.05, 4.69) is 70.5 Å². The van der Waals surface area contributed by atoms with E-state index in [1.807, 2.05) is 6.07 Å². The first-order valence-corrected chi connectivity index (χ1v) is 14.7. The molecule has 1 saturated carbocycles. The normalized spacial score (nSPS) is 30.1. The van der Waals surface area contributed by atoms with Gasteiger partial charge in [0, 0.05) is 41.9 Å². The van der Waals surface area contributed by atoms with Gasteiger partial charge in [-0.2, -0.15) is 0 Å². The smallest absolute Gasteiger partial charge is 0.166 e. The van der Waals surface area contributed by atoms with Gasteiger partial charge in [0.2, 0.25) is 0 Å². The molecule has 1 spiro atoms. The first-order valence-electron chi connectivity index (χ1n) is 14.7. The zero-order chi connectivity index (χ0) is 25.8. The summed E-state index contributed by atoms with van der Waals surface area (Å²) in [5.74, 6) is 2.47. The Bertz CT molecular complexity index is 1610. The topological polar surface area (TPSA) is 57.7 Å². The summed E-state index contributed by atoms with van der Waals surface area (Å²) in [6.07, 6.45) is 5.70. The first kappa shape index (κ1) is 22.5. The van der Waals surface area contributed by atoms with Crippen molar-refractivity contribution in [2.75, 3.05) is 19.7 Å². The van der Waals surface area contributed by atoms with Gasteiger partial charge in [-0.05, 0) is 67.0 Å². The van der Waals surface area contributed by atoms with Crippen LogP contribution in [0.3, 0.4) is 0 Å². The molecule has 5 nitrogen and oxygen atoms in total. The number of aromatic amines is 1. The SMILES string of the molecule is O[C@@]12Cc3c([nH]c4ccccc34)C3Oc4c(OCCc5ccccc5)ccc5c4[C@@]31CCN(CC1CC1)C2C5. The Morgan fingerprint density at radius 3 is 2.74 bits per heavy atom. The Hall–Kier alpha value is -3.28. The monoisotopic (exact) mass is 518 g/mol. The van der Waals surface area contributed by atoms with E-state index < -0.39 is 11.0 Å². The highest BCUT2D eigenvalue weighted by Crippen LogP contribution is 2.69. The molecule has 1 aromatic heterocycles. The minimum absolute atomic E-state index is 0.100. The Balaban J connectivity index is 1.18. The molecule has 5 aliphatic rings. The summed E-state index contributed by atoms with van der Waals surface area (Å²) in [6.45, 7) is 2.71. The quantitative estimate of drug-likeness (QED) is 0.355. The van der Waals surface area contributed by atoms with E-state index in [0.29, 0.717) is 13.0 Å². The number of ether oxygens (including phenoxy) is 2.